The lowest BCUT2D eigenvalue weighted by Crippen LogP contribution is -2.28. The van der Waals surface area contributed by atoms with E-state index in [9.17, 15) is 9.59 Å². The van der Waals surface area contributed by atoms with Gasteiger partial charge in [-0.3, -0.25) is 4.79 Å². The summed E-state index contributed by atoms with van der Waals surface area (Å²) in [5.74, 6) is 0.978. The van der Waals surface area contributed by atoms with Gasteiger partial charge in [0.15, 0.2) is 12.0 Å². The number of ether oxygens (including phenoxy) is 1. The van der Waals surface area contributed by atoms with E-state index in [0.717, 1.165) is 17.5 Å². The van der Waals surface area contributed by atoms with Gasteiger partial charge < -0.3 is 14.5 Å². The first kappa shape index (κ1) is 12.5. The predicted octanol–water partition coefficient (Wildman–Crippen LogP) is 2.41. The number of hydrogen-bond donors (Lipinski definition) is 1. The average molecular weight is 271 g/mol. The van der Waals surface area contributed by atoms with E-state index in [2.05, 4.69) is 5.32 Å². The Bertz CT molecular complexity index is 630. The first-order valence-corrected chi connectivity index (χ1v) is 6.32. The van der Waals surface area contributed by atoms with Crippen LogP contribution in [0, 0.1) is 0 Å². The highest BCUT2D eigenvalue weighted by Crippen LogP contribution is 2.22. The van der Waals surface area contributed by atoms with E-state index < -0.39 is 0 Å². The number of benzene rings is 1. The summed E-state index contributed by atoms with van der Waals surface area (Å²) in [5.41, 5.74) is 2.01. The molecule has 1 aliphatic heterocycles. The fourth-order valence-corrected chi connectivity index (χ4v) is 2.20. The van der Waals surface area contributed by atoms with Gasteiger partial charge in [0, 0.05) is 5.56 Å². The quantitative estimate of drug-likeness (QED) is 0.867. The molecule has 2 aromatic rings. The van der Waals surface area contributed by atoms with E-state index in [-0.39, 0.29) is 12.1 Å². The zero-order valence-corrected chi connectivity index (χ0v) is 10.7. The first-order chi connectivity index (χ1) is 9.74. The highest BCUT2D eigenvalue weighted by atomic mass is 16.6. The van der Waals surface area contributed by atoms with E-state index in [4.69, 9.17) is 9.15 Å². The molecule has 20 heavy (non-hydrogen) atoms. The molecule has 1 unspecified atom stereocenters. The molecule has 1 fully saturated rings. The third-order valence-corrected chi connectivity index (χ3v) is 3.20. The van der Waals surface area contributed by atoms with Gasteiger partial charge in [-0.25, -0.2) is 4.79 Å². The van der Waals surface area contributed by atoms with Crippen LogP contribution in [0.3, 0.4) is 0 Å². The predicted molar refractivity (Wildman–Crippen MR) is 71.5 cm³/mol. The summed E-state index contributed by atoms with van der Waals surface area (Å²) in [6.07, 6.45) is 1.05. The highest BCUT2D eigenvalue weighted by molar-refractivity contribution is 5.72. The van der Waals surface area contributed by atoms with Gasteiger partial charge in [-0.1, -0.05) is 24.3 Å². The van der Waals surface area contributed by atoms with Crippen molar-refractivity contribution in [3.8, 4) is 11.3 Å². The van der Waals surface area contributed by atoms with Crippen LogP contribution in [0.5, 0.6) is 0 Å². The van der Waals surface area contributed by atoms with Gasteiger partial charge in [-0.05, 0) is 24.1 Å². The molecule has 1 aliphatic rings. The highest BCUT2D eigenvalue weighted by Gasteiger charge is 2.22. The number of cyclic esters (lactones) is 1. The molecule has 1 atom stereocenters. The molecule has 1 aromatic heterocycles. The molecule has 1 saturated heterocycles. The fourth-order valence-electron chi connectivity index (χ4n) is 2.20. The number of furan rings is 1. The summed E-state index contributed by atoms with van der Waals surface area (Å²) in [5, 5.41) is 2.74. The Morgan fingerprint density at radius 3 is 2.60 bits per heavy atom. The van der Waals surface area contributed by atoms with E-state index in [1.54, 1.807) is 12.1 Å². The van der Waals surface area contributed by atoms with Crippen LogP contribution in [0.4, 0.5) is 4.79 Å². The second kappa shape index (κ2) is 5.21. The van der Waals surface area contributed by atoms with Gasteiger partial charge in [0.05, 0.1) is 6.04 Å². The third-order valence-electron chi connectivity index (χ3n) is 3.20. The van der Waals surface area contributed by atoms with E-state index in [1.165, 1.54) is 0 Å². The summed E-state index contributed by atoms with van der Waals surface area (Å²) < 4.78 is 10.2. The molecule has 5 heteroatoms. The topological polar surface area (TPSA) is 68.5 Å². The minimum atomic E-state index is -0.358. The van der Waals surface area contributed by atoms with Crippen LogP contribution < -0.4 is 5.32 Å². The number of nitrogens with one attached hydrogen (secondary N) is 1. The van der Waals surface area contributed by atoms with Gasteiger partial charge in [0.2, 0.25) is 0 Å². The molecule has 0 bridgehead atoms. The minimum Gasteiger partial charge on any atom is -0.453 e. The maximum atomic E-state index is 10.9. The van der Waals surface area contributed by atoms with Crippen molar-refractivity contribution < 1.29 is 18.7 Å². The summed E-state index contributed by atoms with van der Waals surface area (Å²) in [6, 6.07) is 11.2. The number of aldehydes is 1. The van der Waals surface area contributed by atoms with Crippen molar-refractivity contribution in [2.24, 2.45) is 0 Å². The lowest BCUT2D eigenvalue weighted by molar-refractivity contribution is 0.110. The van der Waals surface area contributed by atoms with Gasteiger partial charge in [-0.2, -0.15) is 0 Å². The van der Waals surface area contributed by atoms with Crippen LogP contribution >= 0.6 is 0 Å². The lowest BCUT2D eigenvalue weighted by Gasteiger charge is -2.07. The van der Waals surface area contributed by atoms with E-state index >= 15 is 0 Å². The van der Waals surface area contributed by atoms with Gasteiger partial charge >= 0.3 is 6.09 Å². The number of hydrogen-bond acceptors (Lipinski definition) is 4. The molecule has 0 radical (unpaired) electrons. The normalized spacial score (nSPS) is 17.6. The molecule has 2 heterocycles. The van der Waals surface area contributed by atoms with Crippen LogP contribution in [0.15, 0.2) is 40.8 Å². The summed E-state index contributed by atoms with van der Waals surface area (Å²) >= 11 is 0. The second-order valence-corrected chi connectivity index (χ2v) is 4.66. The Hall–Kier alpha value is -2.56. The van der Waals surface area contributed by atoms with Crippen molar-refractivity contribution in [2.75, 3.05) is 6.61 Å². The van der Waals surface area contributed by atoms with Crippen molar-refractivity contribution in [1.82, 2.24) is 5.32 Å². The molecular weight excluding hydrogens is 258 g/mol. The van der Waals surface area contributed by atoms with Gasteiger partial charge in [-0.15, -0.1) is 0 Å². The van der Waals surface area contributed by atoms with Crippen molar-refractivity contribution in [3.63, 3.8) is 0 Å². The third kappa shape index (κ3) is 2.56. The number of amides is 1. The van der Waals surface area contributed by atoms with Gasteiger partial charge in [0.1, 0.15) is 12.4 Å². The number of carbonyl (C=O) groups is 2. The number of rotatable bonds is 4. The molecule has 0 spiro atoms. The molecule has 5 nitrogen and oxygen atoms in total. The number of alkyl carbamates (subject to hydrolysis) is 1. The maximum Gasteiger partial charge on any atom is 0.407 e. The summed E-state index contributed by atoms with van der Waals surface area (Å²) in [4.78, 5) is 21.5. The molecular formula is C15H13NO4. The maximum absolute atomic E-state index is 10.9. The Morgan fingerprint density at radius 2 is 2.00 bits per heavy atom. The molecule has 0 aliphatic carbocycles. The summed E-state index contributed by atoms with van der Waals surface area (Å²) in [7, 11) is 0. The smallest absolute Gasteiger partial charge is 0.407 e. The number of carbonyl (C=O) groups excluding carboxylic acids is 2. The van der Waals surface area contributed by atoms with Crippen molar-refractivity contribution in [3.05, 3.63) is 47.7 Å². The monoisotopic (exact) mass is 271 g/mol. The van der Waals surface area contributed by atoms with Crippen molar-refractivity contribution in [2.45, 2.75) is 12.5 Å². The largest absolute Gasteiger partial charge is 0.453 e. The van der Waals surface area contributed by atoms with Crippen LogP contribution in [-0.2, 0) is 11.2 Å². The molecule has 102 valence electrons. The minimum absolute atomic E-state index is 0.0265. The van der Waals surface area contributed by atoms with E-state index in [1.807, 2.05) is 24.3 Å². The van der Waals surface area contributed by atoms with Crippen LogP contribution in [0.2, 0.25) is 0 Å². The second-order valence-electron chi connectivity index (χ2n) is 4.66. The van der Waals surface area contributed by atoms with Crippen molar-refractivity contribution in [1.29, 1.82) is 0 Å². The van der Waals surface area contributed by atoms with E-state index in [0.29, 0.717) is 24.4 Å². The molecule has 1 N–H and O–H groups in total. The Labute approximate surface area is 115 Å². The SMILES string of the molecule is O=Cc1ccc(-c2ccc(CC3COC(=O)N3)cc2)o1. The van der Waals surface area contributed by atoms with Crippen LogP contribution in [0.25, 0.3) is 11.3 Å². The standard InChI is InChI=1S/C15H13NO4/c17-8-13-5-6-14(20-13)11-3-1-10(2-4-11)7-12-9-19-15(18)16-12/h1-6,8,12H,7,9H2,(H,16,18). The Kier molecular flexibility index (Phi) is 3.25. The molecule has 1 amide bonds. The van der Waals surface area contributed by atoms with Gasteiger partial charge in [0.25, 0.3) is 0 Å². The Balaban J connectivity index is 1.70. The molecule has 0 saturated carbocycles. The first-order valence-electron chi connectivity index (χ1n) is 6.32. The summed E-state index contributed by atoms with van der Waals surface area (Å²) in [6.45, 7) is 0.404. The molecule has 1 aromatic carbocycles. The van der Waals surface area contributed by atoms with Crippen LogP contribution in [0.1, 0.15) is 16.1 Å². The van der Waals surface area contributed by atoms with Crippen LogP contribution in [-0.4, -0.2) is 25.0 Å². The lowest BCUT2D eigenvalue weighted by atomic mass is 10.0. The molecule has 3 rings (SSSR count). The zero-order valence-electron chi connectivity index (χ0n) is 10.7. The average Bonchev–Trinajstić information content (AvgIpc) is 3.09. The fraction of sp³-hybridized carbons (Fsp3) is 0.200. The Morgan fingerprint density at radius 1 is 1.20 bits per heavy atom. The zero-order chi connectivity index (χ0) is 13.9. The van der Waals surface area contributed by atoms with Crippen molar-refractivity contribution >= 4 is 12.4 Å².